The summed E-state index contributed by atoms with van der Waals surface area (Å²) in [7, 11) is -2.39. The molecule has 160 valence electrons. The fourth-order valence-electron chi connectivity index (χ4n) is 2.95. The molecule has 0 amide bonds. The van der Waals surface area contributed by atoms with E-state index in [0.717, 1.165) is 26.8 Å². The molecule has 6 nitrogen and oxygen atoms in total. The van der Waals surface area contributed by atoms with Gasteiger partial charge in [0, 0.05) is 5.54 Å². The van der Waals surface area contributed by atoms with Crippen LogP contribution in [-0.2, 0) is 10.0 Å². The molecule has 2 aromatic carbocycles. The number of para-hydroxylation sites is 1. The van der Waals surface area contributed by atoms with Crippen molar-refractivity contribution in [2.24, 2.45) is 0 Å². The minimum Gasteiger partial charge on any atom is -0.495 e. The first-order chi connectivity index (χ1) is 14.0. The van der Waals surface area contributed by atoms with Crippen LogP contribution in [0.5, 0.6) is 5.75 Å². The van der Waals surface area contributed by atoms with Gasteiger partial charge in [-0.15, -0.1) is 0 Å². The van der Waals surface area contributed by atoms with Crippen molar-refractivity contribution < 1.29 is 13.2 Å². The average molecular weight is 446 g/mol. The van der Waals surface area contributed by atoms with Gasteiger partial charge in [0.1, 0.15) is 10.6 Å². The summed E-state index contributed by atoms with van der Waals surface area (Å²) in [5, 5.41) is 4.17. The second-order valence-corrected chi connectivity index (χ2v) is 10.7. The van der Waals surface area contributed by atoms with Gasteiger partial charge in [0.15, 0.2) is 5.13 Å². The molecule has 3 aromatic rings. The number of anilines is 2. The zero-order valence-corrected chi connectivity index (χ0v) is 19.7. The van der Waals surface area contributed by atoms with Crippen molar-refractivity contribution in [1.29, 1.82) is 0 Å². The number of benzene rings is 2. The number of ether oxygens (including phenoxy) is 1. The van der Waals surface area contributed by atoms with Crippen LogP contribution in [0, 0.1) is 13.8 Å². The highest BCUT2D eigenvalue weighted by Gasteiger charge is 2.23. The van der Waals surface area contributed by atoms with E-state index in [1.807, 2.05) is 32.0 Å². The number of aromatic nitrogens is 1. The highest BCUT2D eigenvalue weighted by atomic mass is 32.2. The quantitative estimate of drug-likeness (QED) is 0.528. The Labute approximate surface area is 182 Å². The average Bonchev–Trinajstić information content (AvgIpc) is 3.01. The molecule has 8 heteroatoms. The summed E-state index contributed by atoms with van der Waals surface area (Å²) in [6.07, 6.45) is 0. The molecule has 0 bridgehead atoms. The Kier molecular flexibility index (Phi) is 6.10. The van der Waals surface area contributed by atoms with Gasteiger partial charge in [-0.2, -0.15) is 0 Å². The molecule has 1 heterocycles. The number of hydrogen-bond donors (Lipinski definition) is 2. The molecule has 3 rings (SSSR count). The molecule has 0 saturated heterocycles. The lowest BCUT2D eigenvalue weighted by Crippen LogP contribution is -2.25. The first kappa shape index (κ1) is 22.1. The van der Waals surface area contributed by atoms with E-state index in [9.17, 15) is 8.42 Å². The summed E-state index contributed by atoms with van der Waals surface area (Å²) in [5.41, 5.74) is 2.88. The molecule has 2 N–H and O–H groups in total. The molecule has 0 spiro atoms. The van der Waals surface area contributed by atoms with Crippen molar-refractivity contribution in [3.05, 3.63) is 53.7 Å². The molecule has 0 fully saturated rings. The lowest BCUT2D eigenvalue weighted by atomic mass is 10.1. The van der Waals surface area contributed by atoms with E-state index in [2.05, 4.69) is 35.8 Å². The van der Waals surface area contributed by atoms with Gasteiger partial charge in [0.2, 0.25) is 0 Å². The number of nitrogens with one attached hydrogen (secondary N) is 2. The normalized spacial score (nSPS) is 11.9. The van der Waals surface area contributed by atoms with Gasteiger partial charge in [-0.3, -0.25) is 4.72 Å². The Bertz CT molecular complexity index is 1160. The Morgan fingerprint density at radius 1 is 1.07 bits per heavy atom. The number of rotatable bonds is 6. The molecule has 0 saturated carbocycles. The summed E-state index contributed by atoms with van der Waals surface area (Å²) < 4.78 is 34.4. The number of aryl methyl sites for hydroxylation is 2. The Hall–Kier alpha value is -2.58. The van der Waals surface area contributed by atoms with Crippen LogP contribution in [0.4, 0.5) is 10.8 Å². The van der Waals surface area contributed by atoms with E-state index < -0.39 is 10.0 Å². The first-order valence-electron chi connectivity index (χ1n) is 9.52. The third kappa shape index (κ3) is 4.94. The molecule has 1 aromatic heterocycles. The maximum absolute atomic E-state index is 13.2. The largest absolute Gasteiger partial charge is 0.495 e. The molecule has 0 atom stereocenters. The molecular formula is C22H27N3O3S2. The van der Waals surface area contributed by atoms with Crippen molar-refractivity contribution in [3.8, 4) is 16.2 Å². The highest BCUT2D eigenvalue weighted by Crippen LogP contribution is 2.37. The molecular weight excluding hydrogens is 418 g/mol. The maximum Gasteiger partial charge on any atom is 0.265 e. The van der Waals surface area contributed by atoms with Crippen LogP contribution < -0.4 is 14.8 Å². The predicted octanol–water partition coefficient (Wildman–Crippen LogP) is 5.45. The van der Waals surface area contributed by atoms with Crippen LogP contribution in [0.1, 0.15) is 32.0 Å². The lowest BCUT2D eigenvalue weighted by molar-refractivity contribution is 0.403. The zero-order valence-electron chi connectivity index (χ0n) is 18.0. The minimum absolute atomic E-state index is 0.0869. The van der Waals surface area contributed by atoms with Crippen LogP contribution >= 0.6 is 11.3 Å². The molecule has 30 heavy (non-hydrogen) atoms. The monoisotopic (exact) mass is 445 g/mol. The Balaban J connectivity index is 2.03. The second-order valence-electron chi connectivity index (χ2n) is 8.09. The summed E-state index contributed by atoms with van der Waals surface area (Å²) in [4.78, 5) is 5.60. The van der Waals surface area contributed by atoms with E-state index in [-0.39, 0.29) is 16.2 Å². The van der Waals surface area contributed by atoms with E-state index in [1.165, 1.54) is 18.4 Å². The van der Waals surface area contributed by atoms with Crippen molar-refractivity contribution in [1.82, 2.24) is 4.98 Å². The topological polar surface area (TPSA) is 80.3 Å². The number of nitrogens with zero attached hydrogens (tertiary/aromatic N) is 1. The molecule has 0 aliphatic heterocycles. The summed E-state index contributed by atoms with van der Waals surface area (Å²) in [6.45, 7) is 9.98. The van der Waals surface area contributed by atoms with Crippen molar-refractivity contribution in [2.45, 2.75) is 45.1 Å². The number of hydrogen-bond acceptors (Lipinski definition) is 6. The highest BCUT2D eigenvalue weighted by molar-refractivity contribution is 7.92. The second kappa shape index (κ2) is 8.28. The van der Waals surface area contributed by atoms with Gasteiger partial charge in [0.25, 0.3) is 10.0 Å². The fraction of sp³-hybridized carbons (Fsp3) is 0.318. The van der Waals surface area contributed by atoms with E-state index in [0.29, 0.717) is 5.69 Å². The smallest absolute Gasteiger partial charge is 0.265 e. The van der Waals surface area contributed by atoms with Crippen LogP contribution in [0.15, 0.2) is 47.4 Å². The van der Waals surface area contributed by atoms with Crippen LogP contribution in [0.25, 0.3) is 10.4 Å². The van der Waals surface area contributed by atoms with Gasteiger partial charge in [-0.25, -0.2) is 13.4 Å². The molecule has 0 radical (unpaired) electrons. The molecule has 0 unspecified atom stereocenters. The van der Waals surface area contributed by atoms with E-state index in [4.69, 9.17) is 4.74 Å². The van der Waals surface area contributed by atoms with Crippen molar-refractivity contribution >= 4 is 32.2 Å². The van der Waals surface area contributed by atoms with Crippen molar-refractivity contribution in [2.75, 3.05) is 17.1 Å². The van der Waals surface area contributed by atoms with E-state index in [1.54, 1.807) is 24.3 Å². The SMILES string of the molecule is COc1ccc(-c2sc(NC(C)(C)C)nc2C)cc1S(=O)(=O)Nc1ccccc1C. The van der Waals surface area contributed by atoms with Gasteiger partial charge in [-0.1, -0.05) is 29.5 Å². The minimum atomic E-state index is -3.85. The fourth-order valence-corrected chi connectivity index (χ4v) is 5.45. The summed E-state index contributed by atoms with van der Waals surface area (Å²) in [5.74, 6) is 0.287. The van der Waals surface area contributed by atoms with Crippen LogP contribution in [-0.4, -0.2) is 26.1 Å². The van der Waals surface area contributed by atoms with Gasteiger partial charge in [-0.05, 0) is 70.0 Å². The van der Waals surface area contributed by atoms with E-state index >= 15 is 0 Å². The first-order valence-corrected chi connectivity index (χ1v) is 11.8. The lowest BCUT2D eigenvalue weighted by Gasteiger charge is -2.19. The maximum atomic E-state index is 13.2. The van der Waals surface area contributed by atoms with Crippen molar-refractivity contribution in [3.63, 3.8) is 0 Å². The van der Waals surface area contributed by atoms with Crippen LogP contribution in [0.3, 0.4) is 0 Å². The standard InChI is InChI=1S/C22H27N3O3S2/c1-14-9-7-8-10-17(14)25-30(26,27)19-13-16(11-12-18(19)28-6)20-15(2)23-21(29-20)24-22(3,4)5/h7-13,25H,1-6H3,(H,23,24). The number of thiazole rings is 1. The third-order valence-electron chi connectivity index (χ3n) is 4.38. The van der Waals surface area contributed by atoms with Gasteiger partial charge in [0.05, 0.1) is 23.4 Å². The number of sulfonamides is 1. The third-order valence-corrected chi connectivity index (χ3v) is 6.89. The zero-order chi connectivity index (χ0) is 22.1. The van der Waals surface area contributed by atoms with Gasteiger partial charge < -0.3 is 10.1 Å². The summed E-state index contributed by atoms with van der Waals surface area (Å²) >= 11 is 1.50. The molecule has 0 aliphatic carbocycles. The molecule has 0 aliphatic rings. The Morgan fingerprint density at radius 3 is 2.40 bits per heavy atom. The Morgan fingerprint density at radius 2 is 1.77 bits per heavy atom. The van der Waals surface area contributed by atoms with Crippen LogP contribution in [0.2, 0.25) is 0 Å². The predicted molar refractivity (Wildman–Crippen MR) is 124 cm³/mol. The number of methoxy groups -OCH3 is 1. The summed E-state index contributed by atoms with van der Waals surface area (Å²) in [6, 6.07) is 12.4. The van der Waals surface area contributed by atoms with Gasteiger partial charge >= 0.3 is 0 Å².